The largest absolute Gasteiger partial charge is 0.465 e. The molecule has 2 aromatic rings. The molecule has 1 fully saturated rings. The van der Waals surface area contributed by atoms with Gasteiger partial charge in [-0.15, -0.1) is 0 Å². The third-order valence-electron chi connectivity index (χ3n) is 4.25. The minimum Gasteiger partial charge on any atom is -0.465 e. The Labute approximate surface area is 171 Å². The molecular formula is C17H17BrClN3O4S. The molecule has 27 heavy (non-hydrogen) atoms. The molecule has 0 atom stereocenters. The fourth-order valence-electron chi connectivity index (χ4n) is 2.81. The summed E-state index contributed by atoms with van der Waals surface area (Å²) in [5.74, 6) is 0.229. The van der Waals surface area contributed by atoms with Crippen LogP contribution in [0.1, 0.15) is 10.4 Å². The minimum absolute atomic E-state index is 0.00472. The molecule has 1 aromatic heterocycles. The average molecular weight is 475 g/mol. The number of pyridine rings is 1. The predicted octanol–water partition coefficient (Wildman–Crippen LogP) is 2.80. The van der Waals surface area contributed by atoms with Gasteiger partial charge in [0, 0.05) is 36.8 Å². The van der Waals surface area contributed by atoms with Crippen molar-refractivity contribution >= 4 is 49.3 Å². The highest BCUT2D eigenvalue weighted by molar-refractivity contribution is 9.10. The number of benzene rings is 1. The molecule has 2 heterocycles. The number of nitrogens with zero attached hydrogens (tertiary/aromatic N) is 3. The first-order valence-corrected chi connectivity index (χ1v) is 10.7. The summed E-state index contributed by atoms with van der Waals surface area (Å²) in [6, 6.07) is 7.83. The highest BCUT2D eigenvalue weighted by atomic mass is 79.9. The molecule has 0 saturated carbocycles. The molecule has 1 saturated heterocycles. The Balaban J connectivity index is 1.75. The van der Waals surface area contributed by atoms with E-state index < -0.39 is 16.0 Å². The quantitative estimate of drug-likeness (QED) is 0.634. The Hall–Kier alpha value is -1.68. The molecule has 1 aliphatic rings. The number of esters is 1. The second kappa shape index (κ2) is 8.14. The van der Waals surface area contributed by atoms with Crippen LogP contribution in [0, 0.1) is 0 Å². The van der Waals surface area contributed by atoms with E-state index in [0.717, 1.165) is 10.3 Å². The second-order valence-electron chi connectivity index (χ2n) is 5.86. The van der Waals surface area contributed by atoms with E-state index in [-0.39, 0.29) is 15.5 Å². The zero-order chi connectivity index (χ0) is 19.6. The van der Waals surface area contributed by atoms with E-state index in [2.05, 4.69) is 25.7 Å². The van der Waals surface area contributed by atoms with Crippen LogP contribution in [-0.4, -0.2) is 57.0 Å². The van der Waals surface area contributed by atoms with E-state index in [1.54, 1.807) is 6.20 Å². The third kappa shape index (κ3) is 4.26. The SMILES string of the molecule is COC(=O)c1ccc(S(=O)(=O)N2CCN(c3ccc(Br)cn3)CC2)c(Cl)c1. The number of carbonyl (C=O) groups excluding carboxylic acids is 1. The van der Waals surface area contributed by atoms with Gasteiger partial charge in [-0.05, 0) is 46.3 Å². The van der Waals surface area contributed by atoms with Crippen molar-refractivity contribution in [3.63, 3.8) is 0 Å². The molecule has 0 bridgehead atoms. The Kier molecular flexibility index (Phi) is 6.05. The van der Waals surface area contributed by atoms with E-state index in [9.17, 15) is 13.2 Å². The van der Waals surface area contributed by atoms with E-state index in [0.29, 0.717) is 26.2 Å². The summed E-state index contributed by atoms with van der Waals surface area (Å²) in [5.41, 5.74) is 0.201. The van der Waals surface area contributed by atoms with Crippen molar-refractivity contribution in [3.05, 3.63) is 51.6 Å². The van der Waals surface area contributed by atoms with Crippen LogP contribution in [0.3, 0.4) is 0 Å². The smallest absolute Gasteiger partial charge is 0.337 e. The summed E-state index contributed by atoms with van der Waals surface area (Å²) in [6.45, 7) is 1.67. The van der Waals surface area contributed by atoms with Crippen LogP contribution in [-0.2, 0) is 14.8 Å². The molecule has 1 aromatic carbocycles. The summed E-state index contributed by atoms with van der Waals surface area (Å²) in [5, 5.41) is -0.00472. The van der Waals surface area contributed by atoms with Crippen molar-refractivity contribution in [2.24, 2.45) is 0 Å². The maximum absolute atomic E-state index is 12.9. The lowest BCUT2D eigenvalue weighted by atomic mass is 10.2. The molecule has 0 N–H and O–H groups in total. The van der Waals surface area contributed by atoms with Crippen molar-refractivity contribution in [1.29, 1.82) is 0 Å². The highest BCUT2D eigenvalue weighted by Gasteiger charge is 2.30. The molecular weight excluding hydrogens is 458 g/mol. The van der Waals surface area contributed by atoms with E-state index >= 15 is 0 Å². The van der Waals surface area contributed by atoms with Crippen molar-refractivity contribution in [2.45, 2.75) is 4.90 Å². The minimum atomic E-state index is -3.76. The molecule has 144 valence electrons. The first-order chi connectivity index (χ1) is 12.8. The number of carbonyl (C=O) groups is 1. The van der Waals surface area contributed by atoms with Gasteiger partial charge in [-0.3, -0.25) is 0 Å². The summed E-state index contributed by atoms with van der Waals surface area (Å²) in [4.78, 5) is 17.9. The monoisotopic (exact) mass is 473 g/mol. The number of hydrogen-bond donors (Lipinski definition) is 0. The second-order valence-corrected chi connectivity index (χ2v) is 9.09. The lowest BCUT2D eigenvalue weighted by Gasteiger charge is -2.34. The van der Waals surface area contributed by atoms with Crippen molar-refractivity contribution < 1.29 is 17.9 Å². The number of sulfonamides is 1. The number of aromatic nitrogens is 1. The van der Waals surface area contributed by atoms with Crippen LogP contribution in [0.5, 0.6) is 0 Å². The van der Waals surface area contributed by atoms with Crippen molar-refractivity contribution in [2.75, 3.05) is 38.2 Å². The first-order valence-electron chi connectivity index (χ1n) is 8.07. The highest BCUT2D eigenvalue weighted by Crippen LogP contribution is 2.27. The molecule has 10 heteroatoms. The van der Waals surface area contributed by atoms with Gasteiger partial charge in [0.2, 0.25) is 10.0 Å². The Morgan fingerprint density at radius 1 is 1.19 bits per heavy atom. The number of piperazine rings is 1. The zero-order valence-corrected chi connectivity index (χ0v) is 17.6. The van der Waals surface area contributed by atoms with E-state index in [4.69, 9.17) is 11.6 Å². The zero-order valence-electron chi connectivity index (χ0n) is 14.4. The summed E-state index contributed by atoms with van der Waals surface area (Å²) < 4.78 is 32.8. The average Bonchev–Trinajstić information content (AvgIpc) is 2.67. The fraction of sp³-hybridized carbons (Fsp3) is 0.294. The normalized spacial score (nSPS) is 15.6. The Morgan fingerprint density at radius 2 is 1.89 bits per heavy atom. The van der Waals surface area contributed by atoms with Gasteiger partial charge in [0.15, 0.2) is 0 Å². The molecule has 0 spiro atoms. The number of hydrogen-bond acceptors (Lipinski definition) is 6. The van der Waals surface area contributed by atoms with Gasteiger partial charge in [0.1, 0.15) is 10.7 Å². The maximum Gasteiger partial charge on any atom is 0.337 e. The summed E-state index contributed by atoms with van der Waals surface area (Å²) in [7, 11) is -2.51. The molecule has 0 unspecified atom stereocenters. The maximum atomic E-state index is 12.9. The van der Waals surface area contributed by atoms with Crippen LogP contribution < -0.4 is 4.90 Å². The van der Waals surface area contributed by atoms with Crippen molar-refractivity contribution in [1.82, 2.24) is 9.29 Å². The van der Waals surface area contributed by atoms with Gasteiger partial charge in [-0.1, -0.05) is 11.6 Å². The number of methoxy groups -OCH3 is 1. The predicted molar refractivity (Wildman–Crippen MR) is 106 cm³/mol. The Morgan fingerprint density at radius 3 is 2.44 bits per heavy atom. The van der Waals surface area contributed by atoms with Crippen LogP contribution in [0.4, 0.5) is 5.82 Å². The van der Waals surface area contributed by atoms with Gasteiger partial charge < -0.3 is 9.64 Å². The number of ether oxygens (including phenoxy) is 1. The summed E-state index contributed by atoms with van der Waals surface area (Å²) >= 11 is 9.48. The topological polar surface area (TPSA) is 79.8 Å². The van der Waals surface area contributed by atoms with E-state index in [1.165, 1.54) is 29.6 Å². The Bertz CT molecular complexity index is 945. The lowest BCUT2D eigenvalue weighted by Crippen LogP contribution is -2.49. The number of halogens is 2. The summed E-state index contributed by atoms with van der Waals surface area (Å²) in [6.07, 6.45) is 1.71. The van der Waals surface area contributed by atoms with Gasteiger partial charge in [-0.2, -0.15) is 4.31 Å². The molecule has 1 aliphatic heterocycles. The van der Waals surface area contributed by atoms with Crippen LogP contribution in [0.15, 0.2) is 45.9 Å². The van der Waals surface area contributed by atoms with E-state index in [1.807, 2.05) is 17.0 Å². The van der Waals surface area contributed by atoms with Crippen LogP contribution in [0.2, 0.25) is 5.02 Å². The first kappa shape index (κ1) is 20.1. The third-order valence-corrected chi connectivity index (χ3v) is 7.10. The van der Waals surface area contributed by atoms with Crippen molar-refractivity contribution in [3.8, 4) is 0 Å². The van der Waals surface area contributed by atoms with Gasteiger partial charge in [0.05, 0.1) is 17.7 Å². The fourth-order valence-corrected chi connectivity index (χ4v) is 4.98. The molecule has 3 rings (SSSR count). The standard InChI is InChI=1S/C17H17BrClN3O4S/c1-26-17(23)12-2-4-15(14(19)10-12)27(24,25)22-8-6-21(7-9-22)16-5-3-13(18)11-20-16/h2-5,10-11H,6-9H2,1H3. The van der Waals surface area contributed by atoms with Gasteiger partial charge >= 0.3 is 5.97 Å². The van der Waals surface area contributed by atoms with Gasteiger partial charge in [-0.25, -0.2) is 18.2 Å². The molecule has 0 radical (unpaired) electrons. The number of anilines is 1. The van der Waals surface area contributed by atoms with Crippen LogP contribution in [0.25, 0.3) is 0 Å². The molecule has 0 amide bonds. The lowest BCUT2D eigenvalue weighted by molar-refractivity contribution is 0.0600. The van der Waals surface area contributed by atoms with Crippen LogP contribution >= 0.6 is 27.5 Å². The number of rotatable bonds is 4. The molecule has 7 nitrogen and oxygen atoms in total. The van der Waals surface area contributed by atoms with Gasteiger partial charge in [0.25, 0.3) is 0 Å². The molecule has 0 aliphatic carbocycles.